The second-order valence-electron chi connectivity index (χ2n) is 2.94. The van der Waals surface area contributed by atoms with Crippen molar-refractivity contribution in [2.45, 2.75) is 9.92 Å². The van der Waals surface area contributed by atoms with Crippen LogP contribution in [0.1, 0.15) is 0 Å². The van der Waals surface area contributed by atoms with Gasteiger partial charge in [-0.1, -0.05) is 41.0 Å². The van der Waals surface area contributed by atoms with E-state index in [-0.39, 0.29) is 5.82 Å². The van der Waals surface area contributed by atoms with Crippen molar-refractivity contribution in [1.82, 2.24) is 9.97 Å². The van der Waals surface area contributed by atoms with Crippen LogP contribution in [-0.2, 0) is 0 Å². The van der Waals surface area contributed by atoms with Crippen molar-refractivity contribution >= 4 is 40.8 Å². The molecule has 1 aromatic heterocycles. The minimum Gasteiger partial charge on any atom is -0.382 e. The number of hydrogen-bond acceptors (Lipinski definition) is 4. The third-order valence-corrected chi connectivity index (χ3v) is 3.51. The van der Waals surface area contributed by atoms with Crippen molar-refractivity contribution in [1.29, 1.82) is 0 Å². The smallest absolute Gasteiger partial charge is 0.146 e. The minimum absolute atomic E-state index is 0.279. The molecule has 0 aliphatic heterocycles. The molecular weight excluding hydrogens is 265 g/mol. The predicted molar refractivity (Wildman–Crippen MR) is 67.0 cm³/mol. The van der Waals surface area contributed by atoms with Crippen molar-refractivity contribution in [3.63, 3.8) is 0 Å². The van der Waals surface area contributed by atoms with Gasteiger partial charge in [0.1, 0.15) is 22.2 Å². The third-order valence-electron chi connectivity index (χ3n) is 1.80. The predicted octanol–water partition coefficient (Wildman–Crippen LogP) is 3.52. The SMILES string of the molecule is Nc1ncnc(Sc2cccc(Cl)c2)c1Cl. The van der Waals surface area contributed by atoms with Crippen LogP contribution in [0.2, 0.25) is 10.0 Å². The fraction of sp³-hybridized carbons (Fsp3) is 0. The Labute approximate surface area is 107 Å². The lowest BCUT2D eigenvalue weighted by Crippen LogP contribution is -1.94. The van der Waals surface area contributed by atoms with Crippen LogP contribution in [-0.4, -0.2) is 9.97 Å². The lowest BCUT2D eigenvalue weighted by atomic mass is 10.4. The number of rotatable bonds is 2. The first-order chi connectivity index (χ1) is 7.66. The molecule has 16 heavy (non-hydrogen) atoms. The highest BCUT2D eigenvalue weighted by Crippen LogP contribution is 2.34. The largest absolute Gasteiger partial charge is 0.382 e. The Kier molecular flexibility index (Phi) is 3.53. The summed E-state index contributed by atoms with van der Waals surface area (Å²) in [6.45, 7) is 0. The zero-order valence-electron chi connectivity index (χ0n) is 8.02. The number of hydrogen-bond donors (Lipinski definition) is 1. The van der Waals surface area contributed by atoms with E-state index in [1.807, 2.05) is 24.3 Å². The van der Waals surface area contributed by atoms with Crippen molar-refractivity contribution in [3.05, 3.63) is 40.6 Å². The summed E-state index contributed by atoms with van der Waals surface area (Å²) in [4.78, 5) is 8.81. The van der Waals surface area contributed by atoms with Gasteiger partial charge in [0.15, 0.2) is 0 Å². The minimum atomic E-state index is 0.279. The molecule has 0 spiro atoms. The van der Waals surface area contributed by atoms with Gasteiger partial charge in [0, 0.05) is 9.92 Å². The monoisotopic (exact) mass is 271 g/mol. The lowest BCUT2D eigenvalue weighted by molar-refractivity contribution is 1.05. The molecule has 2 N–H and O–H groups in total. The molecule has 1 heterocycles. The highest BCUT2D eigenvalue weighted by molar-refractivity contribution is 7.99. The van der Waals surface area contributed by atoms with Crippen LogP contribution in [0.15, 0.2) is 40.5 Å². The molecule has 1 aromatic carbocycles. The maximum Gasteiger partial charge on any atom is 0.146 e. The Morgan fingerprint density at radius 1 is 1.19 bits per heavy atom. The van der Waals surface area contributed by atoms with E-state index in [0.717, 1.165) is 4.90 Å². The van der Waals surface area contributed by atoms with Gasteiger partial charge in [-0.05, 0) is 18.2 Å². The van der Waals surface area contributed by atoms with Gasteiger partial charge >= 0.3 is 0 Å². The van der Waals surface area contributed by atoms with Gasteiger partial charge in [-0.25, -0.2) is 9.97 Å². The fourth-order valence-corrected chi connectivity index (χ4v) is 2.40. The number of halogens is 2. The molecule has 0 fully saturated rings. The third kappa shape index (κ3) is 2.58. The van der Waals surface area contributed by atoms with Gasteiger partial charge in [-0.15, -0.1) is 0 Å². The van der Waals surface area contributed by atoms with Crippen molar-refractivity contribution < 1.29 is 0 Å². The molecule has 2 rings (SSSR count). The van der Waals surface area contributed by atoms with Crippen LogP contribution in [0.25, 0.3) is 0 Å². The number of nitrogens with zero attached hydrogens (tertiary/aromatic N) is 2. The molecule has 0 aliphatic rings. The summed E-state index contributed by atoms with van der Waals surface area (Å²) >= 11 is 13.3. The van der Waals surface area contributed by atoms with Gasteiger partial charge < -0.3 is 5.73 Å². The van der Waals surface area contributed by atoms with Gasteiger partial charge in [0.05, 0.1) is 0 Å². The first kappa shape index (κ1) is 11.5. The van der Waals surface area contributed by atoms with E-state index in [2.05, 4.69) is 9.97 Å². The van der Waals surface area contributed by atoms with Gasteiger partial charge in [0.25, 0.3) is 0 Å². The Hall–Kier alpha value is -0.970. The van der Waals surface area contributed by atoms with Crippen molar-refractivity contribution in [2.75, 3.05) is 5.73 Å². The molecule has 6 heteroatoms. The zero-order valence-corrected chi connectivity index (χ0v) is 10.4. The molecule has 0 amide bonds. The molecule has 0 atom stereocenters. The molecule has 0 saturated carbocycles. The topological polar surface area (TPSA) is 51.8 Å². The van der Waals surface area contributed by atoms with Crippen LogP contribution in [0, 0.1) is 0 Å². The van der Waals surface area contributed by atoms with Gasteiger partial charge in [-0.2, -0.15) is 0 Å². The second-order valence-corrected chi connectivity index (χ2v) is 4.81. The lowest BCUT2D eigenvalue weighted by Gasteiger charge is -2.04. The fourth-order valence-electron chi connectivity index (χ4n) is 1.08. The molecule has 82 valence electrons. The number of aromatic nitrogens is 2. The average molecular weight is 272 g/mol. The summed E-state index contributed by atoms with van der Waals surface area (Å²) < 4.78 is 0. The molecule has 0 unspecified atom stereocenters. The first-order valence-electron chi connectivity index (χ1n) is 4.36. The summed E-state index contributed by atoms with van der Waals surface area (Å²) in [5, 5.41) is 1.66. The zero-order chi connectivity index (χ0) is 11.5. The molecular formula is C10H7Cl2N3S. The Balaban J connectivity index is 2.31. The van der Waals surface area contributed by atoms with Crippen LogP contribution in [0.5, 0.6) is 0 Å². The summed E-state index contributed by atoms with van der Waals surface area (Å²) in [5.74, 6) is 0.279. The molecule has 2 aromatic rings. The van der Waals surface area contributed by atoms with Crippen molar-refractivity contribution in [2.24, 2.45) is 0 Å². The molecule has 0 aliphatic carbocycles. The van der Waals surface area contributed by atoms with E-state index in [9.17, 15) is 0 Å². The van der Waals surface area contributed by atoms with Gasteiger partial charge in [0.2, 0.25) is 0 Å². The highest BCUT2D eigenvalue weighted by atomic mass is 35.5. The van der Waals surface area contributed by atoms with E-state index in [0.29, 0.717) is 15.1 Å². The molecule has 0 saturated heterocycles. The standard InChI is InChI=1S/C10H7Cl2N3S/c11-6-2-1-3-7(4-6)16-10-8(12)9(13)14-5-15-10/h1-5H,(H2,13,14,15). The molecule has 0 radical (unpaired) electrons. The maximum atomic E-state index is 5.98. The average Bonchev–Trinajstić information content (AvgIpc) is 2.25. The number of nitrogen functional groups attached to an aromatic ring is 1. The first-order valence-corrected chi connectivity index (χ1v) is 5.93. The normalized spacial score (nSPS) is 10.4. The number of anilines is 1. The maximum absolute atomic E-state index is 5.98. The second kappa shape index (κ2) is 4.91. The Morgan fingerprint density at radius 2 is 2.00 bits per heavy atom. The molecule has 0 bridgehead atoms. The number of nitrogens with two attached hydrogens (primary N) is 1. The Morgan fingerprint density at radius 3 is 2.75 bits per heavy atom. The number of benzene rings is 1. The highest BCUT2D eigenvalue weighted by Gasteiger charge is 2.08. The van der Waals surface area contributed by atoms with E-state index >= 15 is 0 Å². The molecule has 3 nitrogen and oxygen atoms in total. The van der Waals surface area contributed by atoms with Crippen LogP contribution in [0.3, 0.4) is 0 Å². The summed E-state index contributed by atoms with van der Waals surface area (Å²) in [5.41, 5.74) is 5.58. The van der Waals surface area contributed by atoms with Gasteiger partial charge in [-0.3, -0.25) is 0 Å². The van der Waals surface area contributed by atoms with Crippen LogP contribution in [0.4, 0.5) is 5.82 Å². The Bertz CT molecular complexity index is 519. The van der Waals surface area contributed by atoms with Crippen LogP contribution >= 0.6 is 35.0 Å². The summed E-state index contributed by atoms with van der Waals surface area (Å²) in [6, 6.07) is 7.43. The van der Waals surface area contributed by atoms with Crippen LogP contribution < -0.4 is 5.73 Å². The van der Waals surface area contributed by atoms with E-state index < -0.39 is 0 Å². The van der Waals surface area contributed by atoms with E-state index in [1.54, 1.807) is 0 Å². The van der Waals surface area contributed by atoms with E-state index in [1.165, 1.54) is 18.1 Å². The van der Waals surface area contributed by atoms with E-state index in [4.69, 9.17) is 28.9 Å². The van der Waals surface area contributed by atoms with Crippen molar-refractivity contribution in [3.8, 4) is 0 Å². The summed E-state index contributed by atoms with van der Waals surface area (Å²) in [7, 11) is 0. The quantitative estimate of drug-likeness (QED) is 0.850. The summed E-state index contributed by atoms with van der Waals surface area (Å²) in [6.07, 6.45) is 1.38.